The van der Waals surface area contributed by atoms with Crippen LogP contribution in [-0.4, -0.2) is 5.97 Å². The second-order valence-corrected chi connectivity index (χ2v) is 9.60. The molecule has 1 aromatic carbocycles. The first-order chi connectivity index (χ1) is 14.3. The zero-order valence-corrected chi connectivity index (χ0v) is 18.7. The highest BCUT2D eigenvalue weighted by molar-refractivity contribution is 5.75. The van der Waals surface area contributed by atoms with Crippen LogP contribution in [0.4, 0.5) is 0 Å². The van der Waals surface area contributed by atoms with Crippen molar-refractivity contribution in [2.75, 3.05) is 0 Å². The maximum atomic E-state index is 12.6. The first-order valence-corrected chi connectivity index (χ1v) is 12.6. The van der Waals surface area contributed by atoms with Crippen LogP contribution in [0.5, 0.6) is 5.75 Å². The van der Waals surface area contributed by atoms with Crippen molar-refractivity contribution in [3.05, 3.63) is 29.8 Å². The Bertz CT molecular complexity index is 577. The highest BCUT2D eigenvalue weighted by Crippen LogP contribution is 2.35. The summed E-state index contributed by atoms with van der Waals surface area (Å²) < 4.78 is 5.73. The zero-order valence-electron chi connectivity index (χ0n) is 18.7. The van der Waals surface area contributed by atoms with E-state index in [9.17, 15) is 4.79 Å². The van der Waals surface area contributed by atoms with Crippen LogP contribution in [-0.2, 0) is 4.79 Å². The Morgan fingerprint density at radius 1 is 0.828 bits per heavy atom. The third-order valence-electron chi connectivity index (χ3n) is 7.32. The lowest BCUT2D eigenvalue weighted by atomic mass is 9.79. The van der Waals surface area contributed by atoms with Crippen molar-refractivity contribution in [1.29, 1.82) is 0 Å². The smallest absolute Gasteiger partial charge is 0.314 e. The van der Waals surface area contributed by atoms with Crippen molar-refractivity contribution < 1.29 is 9.53 Å². The molecule has 2 aliphatic rings. The number of rotatable bonds is 10. The fraction of sp³-hybridized carbons (Fsp3) is 0.741. The van der Waals surface area contributed by atoms with Crippen molar-refractivity contribution >= 4 is 5.97 Å². The molecule has 0 radical (unpaired) electrons. The average Bonchev–Trinajstić information content (AvgIpc) is 2.78. The van der Waals surface area contributed by atoms with Crippen LogP contribution in [0.15, 0.2) is 24.3 Å². The van der Waals surface area contributed by atoms with Crippen molar-refractivity contribution in [2.45, 2.75) is 116 Å². The van der Waals surface area contributed by atoms with E-state index in [0.29, 0.717) is 5.92 Å². The molecule has 2 aliphatic carbocycles. The molecular formula is C27H42O2. The molecule has 0 unspecified atom stereocenters. The standard InChI is InChI=1S/C27H42O2/c1-2-3-4-5-6-8-11-22-14-16-25(17-15-22)27(28)29-26-20-18-24(19-21-26)23-12-9-7-10-13-23/h18-23,25H,2-17H2,1H3. The molecule has 162 valence electrons. The normalized spacial score (nSPS) is 23.1. The van der Waals surface area contributed by atoms with E-state index < -0.39 is 0 Å². The molecule has 0 spiro atoms. The van der Waals surface area contributed by atoms with E-state index in [4.69, 9.17) is 4.74 Å². The van der Waals surface area contributed by atoms with Crippen LogP contribution in [0.2, 0.25) is 0 Å². The fourth-order valence-electron chi connectivity index (χ4n) is 5.34. The van der Waals surface area contributed by atoms with Gasteiger partial charge in [-0.15, -0.1) is 0 Å². The molecule has 29 heavy (non-hydrogen) atoms. The van der Waals surface area contributed by atoms with E-state index in [2.05, 4.69) is 19.1 Å². The number of hydrogen-bond donors (Lipinski definition) is 0. The number of unbranched alkanes of at least 4 members (excludes halogenated alkanes) is 5. The van der Waals surface area contributed by atoms with Gasteiger partial charge in [-0.3, -0.25) is 4.79 Å². The summed E-state index contributed by atoms with van der Waals surface area (Å²) in [7, 11) is 0. The summed E-state index contributed by atoms with van der Waals surface area (Å²) in [6.45, 7) is 2.27. The van der Waals surface area contributed by atoms with Crippen molar-refractivity contribution in [3.8, 4) is 5.75 Å². The van der Waals surface area contributed by atoms with Gasteiger partial charge in [-0.25, -0.2) is 0 Å². The van der Waals surface area contributed by atoms with E-state index >= 15 is 0 Å². The van der Waals surface area contributed by atoms with E-state index in [-0.39, 0.29) is 11.9 Å². The summed E-state index contributed by atoms with van der Waals surface area (Å²) in [4.78, 5) is 12.6. The predicted molar refractivity (Wildman–Crippen MR) is 121 cm³/mol. The summed E-state index contributed by atoms with van der Waals surface area (Å²) in [5, 5.41) is 0. The second-order valence-electron chi connectivity index (χ2n) is 9.60. The highest BCUT2D eigenvalue weighted by Gasteiger charge is 2.27. The van der Waals surface area contributed by atoms with Gasteiger partial charge in [-0.05, 0) is 68.1 Å². The number of esters is 1. The molecule has 0 bridgehead atoms. The van der Waals surface area contributed by atoms with Crippen LogP contribution >= 0.6 is 0 Å². The highest BCUT2D eigenvalue weighted by atomic mass is 16.5. The molecular weight excluding hydrogens is 356 g/mol. The van der Waals surface area contributed by atoms with Gasteiger partial charge in [0.2, 0.25) is 0 Å². The lowest BCUT2D eigenvalue weighted by molar-refractivity contribution is -0.140. The molecule has 2 heteroatoms. The van der Waals surface area contributed by atoms with Crippen molar-refractivity contribution in [3.63, 3.8) is 0 Å². The second kappa shape index (κ2) is 12.4. The predicted octanol–water partition coefficient (Wildman–Crippen LogP) is 8.20. The Morgan fingerprint density at radius 2 is 1.48 bits per heavy atom. The lowest BCUT2D eigenvalue weighted by Gasteiger charge is -2.27. The van der Waals surface area contributed by atoms with Crippen LogP contribution in [0.25, 0.3) is 0 Å². The minimum atomic E-state index is -0.00608. The maximum Gasteiger partial charge on any atom is 0.314 e. The molecule has 0 N–H and O–H groups in total. The van der Waals surface area contributed by atoms with Crippen molar-refractivity contribution in [1.82, 2.24) is 0 Å². The van der Waals surface area contributed by atoms with Crippen molar-refractivity contribution in [2.24, 2.45) is 11.8 Å². The third kappa shape index (κ3) is 7.46. The largest absolute Gasteiger partial charge is 0.426 e. The van der Waals surface area contributed by atoms with Gasteiger partial charge < -0.3 is 4.74 Å². The summed E-state index contributed by atoms with van der Waals surface area (Å²) in [5.41, 5.74) is 1.42. The molecule has 1 aromatic rings. The molecule has 3 rings (SSSR count). The van der Waals surface area contributed by atoms with Gasteiger partial charge >= 0.3 is 5.97 Å². The molecule has 0 atom stereocenters. The topological polar surface area (TPSA) is 26.3 Å². The third-order valence-corrected chi connectivity index (χ3v) is 7.32. The molecule has 2 saturated carbocycles. The van der Waals surface area contributed by atoms with Gasteiger partial charge in [-0.2, -0.15) is 0 Å². The van der Waals surface area contributed by atoms with E-state index in [1.807, 2.05) is 12.1 Å². The van der Waals surface area contributed by atoms with Gasteiger partial charge in [0.15, 0.2) is 0 Å². The van der Waals surface area contributed by atoms with Crippen LogP contribution in [0.3, 0.4) is 0 Å². The van der Waals surface area contributed by atoms with E-state index in [1.54, 1.807) is 0 Å². The van der Waals surface area contributed by atoms with E-state index in [0.717, 1.165) is 24.5 Å². The van der Waals surface area contributed by atoms with Gasteiger partial charge in [-0.1, -0.05) is 83.3 Å². The minimum Gasteiger partial charge on any atom is -0.426 e. The van der Waals surface area contributed by atoms with Gasteiger partial charge in [0, 0.05) is 0 Å². The molecule has 0 aromatic heterocycles. The number of hydrogen-bond acceptors (Lipinski definition) is 2. The van der Waals surface area contributed by atoms with Crippen LogP contribution in [0, 0.1) is 11.8 Å². The summed E-state index contributed by atoms with van der Waals surface area (Å²) >= 11 is 0. The Labute approximate surface area is 178 Å². The average molecular weight is 399 g/mol. The number of ether oxygens (including phenoxy) is 1. The zero-order chi connectivity index (χ0) is 20.3. The molecule has 0 heterocycles. The molecule has 0 saturated heterocycles. The molecule has 0 amide bonds. The molecule has 0 aliphatic heterocycles. The fourth-order valence-corrected chi connectivity index (χ4v) is 5.34. The first kappa shape index (κ1) is 22.4. The number of carbonyl (C=O) groups is 1. The summed E-state index contributed by atoms with van der Waals surface area (Å²) in [6, 6.07) is 8.37. The summed E-state index contributed by atoms with van der Waals surface area (Å²) in [5.74, 6) is 2.36. The minimum absolute atomic E-state index is 0.00608. The molecule has 2 fully saturated rings. The Morgan fingerprint density at radius 3 is 2.17 bits per heavy atom. The SMILES string of the molecule is CCCCCCCCC1CCC(C(=O)Oc2ccc(C3CCCCC3)cc2)CC1. The number of benzene rings is 1. The Balaban J connectivity index is 1.34. The lowest BCUT2D eigenvalue weighted by Crippen LogP contribution is -2.25. The number of carbonyl (C=O) groups excluding carboxylic acids is 1. The summed E-state index contributed by atoms with van der Waals surface area (Å²) in [6.07, 6.45) is 20.8. The monoisotopic (exact) mass is 398 g/mol. The Hall–Kier alpha value is -1.31. The van der Waals surface area contributed by atoms with Gasteiger partial charge in [0.05, 0.1) is 5.92 Å². The first-order valence-electron chi connectivity index (χ1n) is 12.6. The molecule has 2 nitrogen and oxygen atoms in total. The van der Waals surface area contributed by atoms with Gasteiger partial charge in [0.1, 0.15) is 5.75 Å². The van der Waals surface area contributed by atoms with Gasteiger partial charge in [0.25, 0.3) is 0 Å². The van der Waals surface area contributed by atoms with E-state index in [1.165, 1.54) is 95.5 Å². The Kier molecular flexibility index (Phi) is 9.57. The van der Waals surface area contributed by atoms with Crippen LogP contribution in [0.1, 0.15) is 121 Å². The quantitative estimate of drug-likeness (QED) is 0.225. The maximum absolute atomic E-state index is 12.6. The van der Waals surface area contributed by atoms with Crippen LogP contribution < -0.4 is 4.74 Å².